The molecule has 2 rings (SSSR count). The van der Waals surface area contributed by atoms with Crippen molar-refractivity contribution in [3.05, 3.63) is 29.8 Å². The molecule has 0 radical (unpaired) electrons. The first-order valence-corrected chi connectivity index (χ1v) is 9.16. The monoisotopic (exact) mass is 379 g/mol. The molecule has 0 spiro atoms. The smallest absolute Gasteiger partial charge is 0.325 e. The summed E-state index contributed by atoms with van der Waals surface area (Å²) in [6.45, 7) is 2.99. The number of rotatable bonds is 7. The largest absolute Gasteiger partial charge is 0.465 e. The summed E-state index contributed by atoms with van der Waals surface area (Å²) in [4.78, 5) is 48.0. The Balaban J connectivity index is 1.98. The summed E-state index contributed by atoms with van der Waals surface area (Å²) < 4.78 is 4.74. The van der Waals surface area contributed by atoms with Gasteiger partial charge < -0.3 is 20.3 Å². The molecule has 0 aromatic heterocycles. The third-order valence-corrected chi connectivity index (χ3v) is 4.79. The van der Waals surface area contributed by atoms with Gasteiger partial charge in [-0.2, -0.15) is 0 Å². The molecule has 1 aromatic carbocycles. The van der Waals surface area contributed by atoms with E-state index in [4.69, 9.17) is 4.74 Å². The SMILES string of the molecule is CCOC(=O)CNC(=O)CN1C(=O)CSC1c1ccc(NC(C)=O)cc1. The fraction of sp³-hybridized carbons (Fsp3) is 0.412. The van der Waals surface area contributed by atoms with Crippen LogP contribution in [0.1, 0.15) is 24.8 Å². The van der Waals surface area contributed by atoms with Gasteiger partial charge >= 0.3 is 5.97 Å². The van der Waals surface area contributed by atoms with Crippen molar-refractivity contribution >= 4 is 41.1 Å². The van der Waals surface area contributed by atoms with Crippen molar-refractivity contribution in [3.63, 3.8) is 0 Å². The molecule has 1 heterocycles. The molecule has 0 saturated carbocycles. The summed E-state index contributed by atoms with van der Waals surface area (Å²) in [6, 6.07) is 7.12. The van der Waals surface area contributed by atoms with Crippen molar-refractivity contribution in [2.75, 3.05) is 30.8 Å². The van der Waals surface area contributed by atoms with Gasteiger partial charge in [-0.15, -0.1) is 11.8 Å². The van der Waals surface area contributed by atoms with E-state index in [9.17, 15) is 19.2 Å². The van der Waals surface area contributed by atoms with E-state index >= 15 is 0 Å². The van der Waals surface area contributed by atoms with Crippen LogP contribution in [0, 0.1) is 0 Å². The van der Waals surface area contributed by atoms with Gasteiger partial charge in [-0.3, -0.25) is 19.2 Å². The molecule has 1 fully saturated rings. The Bertz CT molecular complexity index is 692. The van der Waals surface area contributed by atoms with Gasteiger partial charge in [0.05, 0.1) is 12.4 Å². The lowest BCUT2D eigenvalue weighted by atomic mass is 10.2. The van der Waals surface area contributed by atoms with Crippen LogP contribution in [0.2, 0.25) is 0 Å². The average molecular weight is 379 g/mol. The van der Waals surface area contributed by atoms with Gasteiger partial charge in [0.25, 0.3) is 0 Å². The van der Waals surface area contributed by atoms with Crippen molar-refractivity contribution < 1.29 is 23.9 Å². The minimum absolute atomic E-state index is 0.136. The van der Waals surface area contributed by atoms with Gasteiger partial charge in [-0.1, -0.05) is 12.1 Å². The van der Waals surface area contributed by atoms with Gasteiger partial charge in [0, 0.05) is 12.6 Å². The van der Waals surface area contributed by atoms with Crippen LogP contribution in [0.25, 0.3) is 0 Å². The Labute approximate surface area is 155 Å². The molecule has 1 aliphatic rings. The number of thioether (sulfide) groups is 1. The van der Waals surface area contributed by atoms with Crippen LogP contribution in [0.3, 0.4) is 0 Å². The van der Waals surface area contributed by atoms with Crippen molar-refractivity contribution in [1.82, 2.24) is 10.2 Å². The van der Waals surface area contributed by atoms with Crippen LogP contribution in [-0.2, 0) is 23.9 Å². The van der Waals surface area contributed by atoms with Crippen LogP contribution in [0.5, 0.6) is 0 Å². The zero-order valence-corrected chi connectivity index (χ0v) is 15.4. The molecule has 1 atom stereocenters. The second-order valence-corrected chi connectivity index (χ2v) is 6.64. The van der Waals surface area contributed by atoms with E-state index in [0.29, 0.717) is 5.69 Å². The van der Waals surface area contributed by atoms with Crippen molar-refractivity contribution in [2.45, 2.75) is 19.2 Å². The third kappa shape index (κ3) is 5.48. The van der Waals surface area contributed by atoms with Gasteiger partial charge in [0.15, 0.2) is 0 Å². The molecule has 140 valence electrons. The Morgan fingerprint density at radius 1 is 1.27 bits per heavy atom. The lowest BCUT2D eigenvalue weighted by Gasteiger charge is -2.23. The number of benzene rings is 1. The molecule has 8 nitrogen and oxygen atoms in total. The minimum atomic E-state index is -0.520. The number of nitrogens with zero attached hydrogens (tertiary/aromatic N) is 1. The van der Waals surface area contributed by atoms with Crippen LogP contribution in [0.4, 0.5) is 5.69 Å². The fourth-order valence-corrected chi connectivity index (χ4v) is 3.62. The highest BCUT2D eigenvalue weighted by atomic mass is 32.2. The summed E-state index contributed by atoms with van der Waals surface area (Å²) in [5, 5.41) is 4.84. The van der Waals surface area contributed by atoms with E-state index in [2.05, 4.69) is 10.6 Å². The van der Waals surface area contributed by atoms with Crippen LogP contribution in [-0.4, -0.2) is 54.0 Å². The zero-order valence-electron chi connectivity index (χ0n) is 14.6. The number of nitrogens with one attached hydrogen (secondary N) is 2. The predicted molar refractivity (Wildman–Crippen MR) is 97.3 cm³/mol. The first kappa shape index (κ1) is 19.8. The highest BCUT2D eigenvalue weighted by Crippen LogP contribution is 2.38. The normalized spacial score (nSPS) is 16.3. The summed E-state index contributed by atoms with van der Waals surface area (Å²) in [7, 11) is 0. The molecule has 2 N–H and O–H groups in total. The molecule has 26 heavy (non-hydrogen) atoms. The van der Waals surface area contributed by atoms with Crippen LogP contribution >= 0.6 is 11.8 Å². The Morgan fingerprint density at radius 2 is 1.96 bits per heavy atom. The number of ether oxygens (including phenoxy) is 1. The molecule has 0 bridgehead atoms. The van der Waals surface area contributed by atoms with Gasteiger partial charge in [-0.05, 0) is 24.6 Å². The fourth-order valence-electron chi connectivity index (χ4n) is 2.43. The maximum Gasteiger partial charge on any atom is 0.325 e. The number of hydrogen-bond acceptors (Lipinski definition) is 6. The number of anilines is 1. The van der Waals surface area contributed by atoms with E-state index in [1.807, 2.05) is 12.1 Å². The first-order chi connectivity index (χ1) is 12.4. The lowest BCUT2D eigenvalue weighted by Crippen LogP contribution is -2.41. The number of amides is 3. The highest BCUT2D eigenvalue weighted by molar-refractivity contribution is 8.00. The molecule has 1 saturated heterocycles. The topological polar surface area (TPSA) is 105 Å². The van der Waals surface area contributed by atoms with Crippen molar-refractivity contribution in [2.24, 2.45) is 0 Å². The van der Waals surface area contributed by atoms with E-state index in [1.54, 1.807) is 19.1 Å². The maximum atomic E-state index is 12.1. The second kappa shape index (κ2) is 9.23. The molecule has 1 aromatic rings. The van der Waals surface area contributed by atoms with Crippen molar-refractivity contribution in [3.8, 4) is 0 Å². The minimum Gasteiger partial charge on any atom is -0.465 e. The van der Waals surface area contributed by atoms with E-state index in [-0.39, 0.29) is 42.6 Å². The standard InChI is InChI=1S/C17H21N3O5S/c1-3-25-16(24)8-18-14(22)9-20-15(23)10-26-17(20)12-4-6-13(7-5-12)19-11(2)21/h4-7,17H,3,8-10H2,1-2H3,(H,18,22)(H,19,21). The lowest BCUT2D eigenvalue weighted by molar-refractivity contribution is -0.143. The Morgan fingerprint density at radius 3 is 2.58 bits per heavy atom. The first-order valence-electron chi connectivity index (χ1n) is 8.11. The molecule has 1 unspecified atom stereocenters. The summed E-state index contributed by atoms with van der Waals surface area (Å²) in [6.07, 6.45) is 0. The maximum absolute atomic E-state index is 12.1. The summed E-state index contributed by atoms with van der Waals surface area (Å²) in [5.41, 5.74) is 1.52. The second-order valence-electron chi connectivity index (χ2n) is 5.57. The van der Waals surface area contributed by atoms with Gasteiger partial charge in [-0.25, -0.2) is 0 Å². The van der Waals surface area contributed by atoms with Crippen LogP contribution in [0.15, 0.2) is 24.3 Å². The Kier molecular flexibility index (Phi) is 7.02. The molecule has 9 heteroatoms. The third-order valence-electron chi connectivity index (χ3n) is 3.53. The van der Waals surface area contributed by atoms with E-state index in [1.165, 1.54) is 23.6 Å². The number of carbonyl (C=O) groups excluding carboxylic acids is 4. The van der Waals surface area contributed by atoms with Gasteiger partial charge in [0.1, 0.15) is 18.5 Å². The average Bonchev–Trinajstić information content (AvgIpc) is 2.94. The van der Waals surface area contributed by atoms with E-state index in [0.717, 1.165) is 5.56 Å². The van der Waals surface area contributed by atoms with Gasteiger partial charge in [0.2, 0.25) is 17.7 Å². The number of esters is 1. The number of carbonyl (C=O) groups is 4. The molecule has 3 amide bonds. The molecule has 0 aliphatic carbocycles. The summed E-state index contributed by atoms with van der Waals surface area (Å²) in [5.74, 6) is -0.967. The Hall–Kier alpha value is -2.55. The highest BCUT2D eigenvalue weighted by Gasteiger charge is 2.34. The van der Waals surface area contributed by atoms with E-state index < -0.39 is 11.9 Å². The molecular weight excluding hydrogens is 358 g/mol. The quantitative estimate of drug-likeness (QED) is 0.682. The zero-order chi connectivity index (χ0) is 19.1. The van der Waals surface area contributed by atoms with Crippen molar-refractivity contribution in [1.29, 1.82) is 0 Å². The molecular formula is C17H21N3O5S. The van der Waals surface area contributed by atoms with Crippen LogP contribution < -0.4 is 10.6 Å². The predicted octanol–water partition coefficient (Wildman–Crippen LogP) is 0.898. The number of hydrogen-bond donors (Lipinski definition) is 2. The summed E-state index contributed by atoms with van der Waals surface area (Å²) >= 11 is 1.42. The molecule has 1 aliphatic heterocycles.